The molecule has 2 rings (SSSR count). The number of anilines is 1. The summed E-state index contributed by atoms with van der Waals surface area (Å²) in [5.41, 5.74) is 2.33. The molecule has 0 saturated heterocycles. The topological polar surface area (TPSA) is 75.7 Å². The molecule has 0 aliphatic rings. The first-order valence-electron chi connectivity index (χ1n) is 8.36. The van der Waals surface area contributed by atoms with Crippen molar-refractivity contribution in [2.45, 2.75) is 13.8 Å². The predicted octanol–water partition coefficient (Wildman–Crippen LogP) is 2.92. The summed E-state index contributed by atoms with van der Waals surface area (Å²) in [5, 5.41) is 3.28. The zero-order valence-electron chi connectivity index (χ0n) is 15.5. The third-order valence-corrected chi connectivity index (χ3v) is 5.08. The second-order valence-corrected chi connectivity index (χ2v) is 8.61. The number of carbonyl (C=O) groups excluding carboxylic acids is 1. The largest absolute Gasteiger partial charge is 0.492 e. The second-order valence-electron chi connectivity index (χ2n) is 6.27. The predicted molar refractivity (Wildman–Crippen MR) is 108 cm³/mol. The molecule has 8 heteroatoms. The Balaban J connectivity index is 1.93. The molecule has 0 aromatic heterocycles. The molecule has 0 fully saturated rings. The number of benzene rings is 2. The van der Waals surface area contributed by atoms with Gasteiger partial charge in [0.25, 0.3) is 0 Å². The lowest BCUT2D eigenvalue weighted by molar-refractivity contribution is -0.119. The summed E-state index contributed by atoms with van der Waals surface area (Å²) in [6.45, 7) is 3.99. The van der Waals surface area contributed by atoms with Crippen LogP contribution in [0.5, 0.6) is 5.75 Å². The summed E-state index contributed by atoms with van der Waals surface area (Å²) in [4.78, 5) is 12.2. The average molecular weight is 411 g/mol. The van der Waals surface area contributed by atoms with Crippen LogP contribution in [0, 0.1) is 13.8 Å². The highest BCUT2D eigenvalue weighted by atomic mass is 35.5. The molecule has 0 spiro atoms. The summed E-state index contributed by atoms with van der Waals surface area (Å²) in [7, 11) is -3.60. The molecule has 0 atom stereocenters. The Morgan fingerprint density at radius 3 is 2.26 bits per heavy atom. The van der Waals surface area contributed by atoms with E-state index in [0.29, 0.717) is 16.5 Å². The summed E-state index contributed by atoms with van der Waals surface area (Å²) in [6.07, 6.45) is 1.08. The van der Waals surface area contributed by atoms with Crippen molar-refractivity contribution in [1.82, 2.24) is 5.32 Å². The van der Waals surface area contributed by atoms with Gasteiger partial charge < -0.3 is 10.1 Å². The quantitative estimate of drug-likeness (QED) is 0.679. The van der Waals surface area contributed by atoms with Gasteiger partial charge in [0, 0.05) is 5.02 Å². The number of sulfonamides is 1. The summed E-state index contributed by atoms with van der Waals surface area (Å²) in [5.74, 6) is 0.237. The van der Waals surface area contributed by atoms with Crippen LogP contribution >= 0.6 is 11.6 Å². The van der Waals surface area contributed by atoms with Crippen molar-refractivity contribution in [3.05, 3.63) is 58.6 Å². The van der Waals surface area contributed by atoms with Gasteiger partial charge >= 0.3 is 0 Å². The van der Waals surface area contributed by atoms with Crippen molar-refractivity contribution in [2.24, 2.45) is 0 Å². The number of aryl methyl sites for hydroxylation is 2. The highest BCUT2D eigenvalue weighted by Gasteiger charge is 2.21. The van der Waals surface area contributed by atoms with E-state index in [1.807, 2.05) is 19.9 Å². The maximum Gasteiger partial charge on any atom is 0.240 e. The number of nitrogens with one attached hydrogen (secondary N) is 1. The number of ether oxygens (including phenoxy) is 1. The number of halogens is 1. The Morgan fingerprint density at radius 1 is 1.11 bits per heavy atom. The summed E-state index contributed by atoms with van der Waals surface area (Å²) >= 11 is 5.80. The van der Waals surface area contributed by atoms with Crippen molar-refractivity contribution in [3.8, 4) is 5.75 Å². The van der Waals surface area contributed by atoms with Crippen LogP contribution in [-0.4, -0.2) is 40.3 Å². The fourth-order valence-electron chi connectivity index (χ4n) is 2.57. The number of nitrogens with zero attached hydrogens (tertiary/aromatic N) is 1. The van der Waals surface area contributed by atoms with Gasteiger partial charge in [-0.3, -0.25) is 9.10 Å². The minimum atomic E-state index is -3.60. The molecule has 6 nitrogen and oxygen atoms in total. The van der Waals surface area contributed by atoms with Crippen LogP contribution in [0.3, 0.4) is 0 Å². The second kappa shape index (κ2) is 9.10. The van der Waals surface area contributed by atoms with Gasteiger partial charge in [-0.15, -0.1) is 0 Å². The van der Waals surface area contributed by atoms with E-state index in [1.54, 1.807) is 36.4 Å². The average Bonchev–Trinajstić information content (AvgIpc) is 2.56. The van der Waals surface area contributed by atoms with Crippen molar-refractivity contribution in [3.63, 3.8) is 0 Å². The molecule has 2 aromatic rings. The Hall–Kier alpha value is -2.25. The van der Waals surface area contributed by atoms with E-state index in [1.165, 1.54) is 0 Å². The number of hydrogen-bond donors (Lipinski definition) is 1. The molecule has 0 unspecified atom stereocenters. The van der Waals surface area contributed by atoms with E-state index in [-0.39, 0.29) is 19.7 Å². The maximum absolute atomic E-state index is 12.2. The van der Waals surface area contributed by atoms with Crippen molar-refractivity contribution in [1.29, 1.82) is 0 Å². The fraction of sp³-hybridized carbons (Fsp3) is 0.316. The minimum absolute atomic E-state index is 0.256. The number of amides is 1. The third-order valence-electron chi connectivity index (χ3n) is 3.69. The highest BCUT2D eigenvalue weighted by molar-refractivity contribution is 7.92. The Bertz CT molecular complexity index is 878. The Kier molecular flexibility index (Phi) is 7.10. The molecule has 27 heavy (non-hydrogen) atoms. The van der Waals surface area contributed by atoms with E-state index < -0.39 is 15.9 Å². The molecule has 0 aliphatic heterocycles. The van der Waals surface area contributed by atoms with Crippen molar-refractivity contribution >= 4 is 33.2 Å². The van der Waals surface area contributed by atoms with Gasteiger partial charge in [0.1, 0.15) is 18.9 Å². The van der Waals surface area contributed by atoms with E-state index >= 15 is 0 Å². The van der Waals surface area contributed by atoms with Gasteiger partial charge in [0.05, 0.1) is 18.5 Å². The Morgan fingerprint density at radius 2 is 1.70 bits per heavy atom. The highest BCUT2D eigenvalue weighted by Crippen LogP contribution is 2.21. The molecule has 0 radical (unpaired) electrons. The van der Waals surface area contributed by atoms with Gasteiger partial charge in [-0.05, 0) is 61.4 Å². The van der Waals surface area contributed by atoms with E-state index in [4.69, 9.17) is 16.3 Å². The summed E-state index contributed by atoms with van der Waals surface area (Å²) in [6, 6.07) is 12.3. The molecule has 2 aromatic carbocycles. The van der Waals surface area contributed by atoms with E-state index in [0.717, 1.165) is 21.7 Å². The first-order valence-corrected chi connectivity index (χ1v) is 10.6. The minimum Gasteiger partial charge on any atom is -0.492 e. The zero-order valence-corrected chi connectivity index (χ0v) is 17.1. The lowest BCUT2D eigenvalue weighted by Gasteiger charge is -2.22. The van der Waals surface area contributed by atoms with Crippen LogP contribution in [0.25, 0.3) is 0 Å². The van der Waals surface area contributed by atoms with Crippen LogP contribution in [0.4, 0.5) is 5.69 Å². The number of hydrogen-bond acceptors (Lipinski definition) is 4. The molecule has 0 heterocycles. The third kappa shape index (κ3) is 6.77. The molecule has 0 saturated carbocycles. The molecular formula is C19H23ClN2O4S. The van der Waals surface area contributed by atoms with Crippen LogP contribution in [-0.2, 0) is 14.8 Å². The SMILES string of the molecule is Cc1cc(C)cc(N(CC(=O)NCCOc2ccc(Cl)cc2)S(C)(=O)=O)c1. The van der Waals surface area contributed by atoms with Crippen LogP contribution < -0.4 is 14.4 Å². The van der Waals surface area contributed by atoms with E-state index in [9.17, 15) is 13.2 Å². The van der Waals surface area contributed by atoms with Gasteiger partial charge in [0.2, 0.25) is 15.9 Å². The van der Waals surface area contributed by atoms with Crippen LogP contribution in [0.1, 0.15) is 11.1 Å². The van der Waals surface area contributed by atoms with Crippen LogP contribution in [0.2, 0.25) is 5.02 Å². The fourth-order valence-corrected chi connectivity index (χ4v) is 3.54. The van der Waals surface area contributed by atoms with Crippen LogP contribution in [0.15, 0.2) is 42.5 Å². The molecule has 0 aliphatic carbocycles. The molecule has 1 N–H and O–H groups in total. The lowest BCUT2D eigenvalue weighted by atomic mass is 10.1. The normalized spacial score (nSPS) is 11.1. The monoisotopic (exact) mass is 410 g/mol. The molecular weight excluding hydrogens is 388 g/mol. The maximum atomic E-state index is 12.2. The van der Waals surface area contributed by atoms with E-state index in [2.05, 4.69) is 5.32 Å². The van der Waals surface area contributed by atoms with Gasteiger partial charge in [-0.1, -0.05) is 17.7 Å². The van der Waals surface area contributed by atoms with Gasteiger partial charge in [-0.25, -0.2) is 8.42 Å². The van der Waals surface area contributed by atoms with Crippen molar-refractivity contribution in [2.75, 3.05) is 30.3 Å². The standard InChI is InChI=1S/C19H23ClN2O4S/c1-14-10-15(2)12-17(11-14)22(27(3,24)25)13-19(23)21-8-9-26-18-6-4-16(20)5-7-18/h4-7,10-12H,8-9,13H2,1-3H3,(H,21,23). The molecule has 146 valence electrons. The zero-order chi connectivity index (χ0) is 20.0. The van der Waals surface area contributed by atoms with Gasteiger partial charge in [0.15, 0.2) is 0 Å². The first-order chi connectivity index (χ1) is 12.6. The first kappa shape index (κ1) is 21.1. The van der Waals surface area contributed by atoms with Crippen molar-refractivity contribution < 1.29 is 17.9 Å². The van der Waals surface area contributed by atoms with Gasteiger partial charge in [-0.2, -0.15) is 0 Å². The smallest absolute Gasteiger partial charge is 0.240 e. The number of rotatable bonds is 8. The lowest BCUT2D eigenvalue weighted by Crippen LogP contribution is -2.41. The molecule has 0 bridgehead atoms. The number of carbonyl (C=O) groups is 1. The Labute approximate surface area is 165 Å². The summed E-state index contributed by atoms with van der Waals surface area (Å²) < 4.78 is 30.9. The molecule has 1 amide bonds.